The van der Waals surface area contributed by atoms with Gasteiger partial charge in [-0.15, -0.1) is 0 Å². The lowest BCUT2D eigenvalue weighted by Crippen LogP contribution is -2.46. The van der Waals surface area contributed by atoms with Crippen LogP contribution in [-0.4, -0.2) is 85.1 Å². The molecule has 0 spiro atoms. The number of piperazine rings is 1. The molecule has 10 nitrogen and oxygen atoms in total. The van der Waals surface area contributed by atoms with E-state index in [0.29, 0.717) is 38.7 Å². The number of pyridine rings is 1. The molecule has 2 aromatic heterocycles. The summed E-state index contributed by atoms with van der Waals surface area (Å²) in [5.41, 5.74) is 6.97. The number of para-hydroxylation sites is 1. The maximum absolute atomic E-state index is 12.8. The first-order valence-electron chi connectivity index (χ1n) is 11.0. The Labute approximate surface area is 193 Å². The highest BCUT2D eigenvalue weighted by Crippen LogP contribution is 2.21. The number of anilines is 2. The molecule has 0 atom stereocenters. The third-order valence-corrected chi connectivity index (χ3v) is 7.95. The number of nitrogen functional groups attached to an aromatic ring is 1. The number of aromatic nitrogens is 3. The molecule has 174 valence electrons. The second kappa shape index (κ2) is 9.18. The normalized spacial score (nSPS) is 18.6. The number of hydrogen-bond donors (Lipinski definition) is 1. The van der Waals surface area contributed by atoms with Crippen molar-refractivity contribution in [3.05, 3.63) is 48.4 Å². The van der Waals surface area contributed by atoms with Gasteiger partial charge in [0.2, 0.25) is 10.0 Å². The van der Waals surface area contributed by atoms with Crippen molar-refractivity contribution in [1.29, 1.82) is 0 Å². The van der Waals surface area contributed by atoms with E-state index in [-0.39, 0.29) is 4.90 Å². The number of nitrogens with two attached hydrogens (primary N) is 1. The van der Waals surface area contributed by atoms with Gasteiger partial charge in [0, 0.05) is 50.9 Å². The summed E-state index contributed by atoms with van der Waals surface area (Å²) in [7, 11) is -3.53. The van der Waals surface area contributed by atoms with E-state index in [1.165, 1.54) is 10.5 Å². The first-order valence-corrected chi connectivity index (χ1v) is 12.5. The third-order valence-electron chi connectivity index (χ3n) is 6.07. The van der Waals surface area contributed by atoms with Crippen LogP contribution in [0, 0.1) is 0 Å². The van der Waals surface area contributed by atoms with Gasteiger partial charge in [0.1, 0.15) is 22.4 Å². The van der Waals surface area contributed by atoms with Gasteiger partial charge in [-0.3, -0.25) is 4.90 Å². The van der Waals surface area contributed by atoms with Crippen LogP contribution >= 0.6 is 0 Å². The van der Waals surface area contributed by atoms with Gasteiger partial charge in [0.15, 0.2) is 0 Å². The summed E-state index contributed by atoms with van der Waals surface area (Å²) in [5, 5.41) is 0.872. The Morgan fingerprint density at radius 2 is 1.70 bits per heavy atom. The number of morpholine rings is 1. The molecule has 1 aromatic carbocycles. The maximum Gasteiger partial charge on any atom is 0.244 e. The Morgan fingerprint density at radius 1 is 0.939 bits per heavy atom. The van der Waals surface area contributed by atoms with Gasteiger partial charge < -0.3 is 15.4 Å². The molecular weight excluding hydrogens is 442 g/mol. The average molecular weight is 470 g/mol. The SMILES string of the molecule is Nc1nc(CN2CCN(c3ccc(S(=O)(=O)N4CCOCC4)cn3)CC2)nc2ccccc12. The zero-order chi connectivity index (χ0) is 22.8. The molecule has 0 bridgehead atoms. The second-order valence-electron chi connectivity index (χ2n) is 8.17. The predicted octanol–water partition coefficient (Wildman–Crippen LogP) is 0.950. The summed E-state index contributed by atoms with van der Waals surface area (Å²) in [6.45, 7) is 5.44. The highest BCUT2D eigenvalue weighted by molar-refractivity contribution is 7.89. The molecule has 11 heteroatoms. The molecule has 33 heavy (non-hydrogen) atoms. The van der Waals surface area contributed by atoms with Crippen molar-refractivity contribution >= 4 is 32.6 Å². The van der Waals surface area contributed by atoms with Gasteiger partial charge in [-0.05, 0) is 24.3 Å². The molecule has 2 aliphatic rings. The van der Waals surface area contributed by atoms with Crippen LogP contribution in [0.5, 0.6) is 0 Å². The Morgan fingerprint density at radius 3 is 2.42 bits per heavy atom. The largest absolute Gasteiger partial charge is 0.383 e. The first-order chi connectivity index (χ1) is 16.0. The van der Waals surface area contributed by atoms with Crippen molar-refractivity contribution in [2.75, 3.05) is 63.1 Å². The number of nitrogens with zero attached hydrogens (tertiary/aromatic N) is 6. The molecule has 4 heterocycles. The lowest BCUT2D eigenvalue weighted by Gasteiger charge is -2.35. The predicted molar refractivity (Wildman–Crippen MR) is 125 cm³/mol. The number of sulfonamides is 1. The molecule has 0 amide bonds. The van der Waals surface area contributed by atoms with Crippen LogP contribution in [0.25, 0.3) is 10.9 Å². The van der Waals surface area contributed by atoms with E-state index in [2.05, 4.69) is 24.8 Å². The van der Waals surface area contributed by atoms with Crippen molar-refractivity contribution in [2.24, 2.45) is 0 Å². The first kappa shape index (κ1) is 22.0. The summed E-state index contributed by atoms with van der Waals surface area (Å²) in [4.78, 5) is 18.2. The molecule has 5 rings (SSSR count). The quantitative estimate of drug-likeness (QED) is 0.583. The number of hydrogen-bond acceptors (Lipinski definition) is 9. The van der Waals surface area contributed by atoms with E-state index < -0.39 is 10.0 Å². The van der Waals surface area contributed by atoms with E-state index in [9.17, 15) is 8.42 Å². The summed E-state index contributed by atoms with van der Waals surface area (Å²) < 4.78 is 32.3. The van der Waals surface area contributed by atoms with Crippen molar-refractivity contribution in [3.63, 3.8) is 0 Å². The Balaban J connectivity index is 1.21. The van der Waals surface area contributed by atoms with Crippen LogP contribution in [0.2, 0.25) is 0 Å². The lowest BCUT2D eigenvalue weighted by atomic mass is 10.2. The molecule has 0 unspecified atom stereocenters. The van der Waals surface area contributed by atoms with Crippen LogP contribution in [0.4, 0.5) is 11.6 Å². The number of benzene rings is 1. The summed E-state index contributed by atoms with van der Waals surface area (Å²) in [6, 6.07) is 11.2. The summed E-state index contributed by atoms with van der Waals surface area (Å²) in [5.74, 6) is 2.00. The molecule has 0 saturated carbocycles. The highest BCUT2D eigenvalue weighted by atomic mass is 32.2. The van der Waals surface area contributed by atoms with E-state index in [1.54, 1.807) is 12.1 Å². The van der Waals surface area contributed by atoms with Crippen LogP contribution in [0.15, 0.2) is 47.5 Å². The molecule has 2 aliphatic heterocycles. The van der Waals surface area contributed by atoms with Crippen LogP contribution in [-0.2, 0) is 21.3 Å². The molecule has 0 radical (unpaired) electrons. The summed E-state index contributed by atoms with van der Waals surface area (Å²) >= 11 is 0. The molecule has 0 aliphatic carbocycles. The van der Waals surface area contributed by atoms with Gasteiger partial charge in [-0.1, -0.05) is 12.1 Å². The topological polar surface area (TPSA) is 118 Å². The monoisotopic (exact) mass is 469 g/mol. The van der Waals surface area contributed by atoms with E-state index in [4.69, 9.17) is 10.5 Å². The Hall–Kier alpha value is -2.86. The van der Waals surface area contributed by atoms with Gasteiger partial charge in [-0.2, -0.15) is 4.31 Å². The van der Waals surface area contributed by atoms with Crippen molar-refractivity contribution in [2.45, 2.75) is 11.4 Å². The summed E-state index contributed by atoms with van der Waals surface area (Å²) in [6.07, 6.45) is 1.46. The van der Waals surface area contributed by atoms with Crippen molar-refractivity contribution < 1.29 is 13.2 Å². The molecule has 2 N–H and O–H groups in total. The Bertz CT molecular complexity index is 1220. The Kier molecular flexibility index (Phi) is 6.11. The maximum atomic E-state index is 12.8. The van der Waals surface area contributed by atoms with E-state index >= 15 is 0 Å². The van der Waals surface area contributed by atoms with Gasteiger partial charge in [-0.25, -0.2) is 23.4 Å². The highest BCUT2D eigenvalue weighted by Gasteiger charge is 2.27. The second-order valence-corrected chi connectivity index (χ2v) is 10.1. The van der Waals surface area contributed by atoms with Crippen LogP contribution in [0.3, 0.4) is 0 Å². The fourth-order valence-corrected chi connectivity index (χ4v) is 5.56. The van der Waals surface area contributed by atoms with Gasteiger partial charge in [0.25, 0.3) is 0 Å². The molecule has 3 aromatic rings. The smallest absolute Gasteiger partial charge is 0.244 e. The van der Waals surface area contributed by atoms with Crippen molar-refractivity contribution in [1.82, 2.24) is 24.2 Å². The van der Waals surface area contributed by atoms with Crippen LogP contribution in [0.1, 0.15) is 5.82 Å². The van der Waals surface area contributed by atoms with Gasteiger partial charge >= 0.3 is 0 Å². The van der Waals surface area contributed by atoms with E-state index in [0.717, 1.165) is 48.7 Å². The minimum Gasteiger partial charge on any atom is -0.383 e. The number of rotatable bonds is 5. The van der Waals surface area contributed by atoms with Gasteiger partial charge in [0.05, 0.1) is 25.3 Å². The molecule has 2 saturated heterocycles. The standard InChI is InChI=1S/C22H27N7O3S/c23-22-18-3-1-2-4-19(18)25-20(26-22)16-27-7-9-28(10-8-27)21-6-5-17(15-24-21)33(30,31)29-11-13-32-14-12-29/h1-6,15H,7-14,16H2,(H2,23,25,26). The van der Waals surface area contributed by atoms with Crippen molar-refractivity contribution in [3.8, 4) is 0 Å². The minimum absolute atomic E-state index is 0.220. The fourth-order valence-electron chi connectivity index (χ4n) is 4.20. The number of ether oxygens (including phenoxy) is 1. The zero-order valence-corrected chi connectivity index (χ0v) is 19.1. The lowest BCUT2D eigenvalue weighted by molar-refractivity contribution is 0.0730. The minimum atomic E-state index is -3.53. The van der Waals surface area contributed by atoms with E-state index in [1.807, 2.05) is 24.3 Å². The zero-order valence-electron chi connectivity index (χ0n) is 18.3. The molecule has 2 fully saturated rings. The fraction of sp³-hybridized carbons (Fsp3) is 0.409. The van der Waals surface area contributed by atoms with Crippen LogP contribution < -0.4 is 10.6 Å². The average Bonchev–Trinajstić information content (AvgIpc) is 2.85. The third kappa shape index (κ3) is 4.62. The number of fused-ring (bicyclic) bond motifs is 1. The molecular formula is C22H27N7O3S.